The van der Waals surface area contributed by atoms with E-state index in [9.17, 15) is 0 Å². The summed E-state index contributed by atoms with van der Waals surface area (Å²) >= 11 is 0. The SMILES string of the molecule is c1ccc(Oc2ccc3c(c2)CCC3Oc2ccccc2)cc1. The predicted octanol–water partition coefficient (Wildman–Crippen LogP) is 5.55. The summed E-state index contributed by atoms with van der Waals surface area (Å²) in [7, 11) is 0. The number of hydrogen-bond acceptors (Lipinski definition) is 2. The van der Waals surface area contributed by atoms with E-state index in [2.05, 4.69) is 12.1 Å². The van der Waals surface area contributed by atoms with E-state index in [0.29, 0.717) is 0 Å². The molecule has 0 saturated heterocycles. The first-order valence-electron chi connectivity index (χ1n) is 7.96. The lowest BCUT2D eigenvalue weighted by atomic mass is 10.1. The molecule has 0 aromatic heterocycles. The van der Waals surface area contributed by atoms with Crippen molar-refractivity contribution >= 4 is 0 Å². The second-order valence-electron chi connectivity index (χ2n) is 5.73. The lowest BCUT2D eigenvalue weighted by molar-refractivity contribution is 0.207. The molecule has 0 radical (unpaired) electrons. The highest BCUT2D eigenvalue weighted by Crippen LogP contribution is 2.37. The van der Waals surface area contributed by atoms with Crippen LogP contribution in [0.2, 0.25) is 0 Å². The molecule has 1 unspecified atom stereocenters. The van der Waals surface area contributed by atoms with Crippen LogP contribution in [0.25, 0.3) is 0 Å². The van der Waals surface area contributed by atoms with Crippen LogP contribution >= 0.6 is 0 Å². The number of hydrogen-bond donors (Lipinski definition) is 0. The third-order valence-corrected chi connectivity index (χ3v) is 4.14. The molecule has 1 atom stereocenters. The van der Waals surface area contributed by atoms with Crippen LogP contribution in [0.3, 0.4) is 0 Å². The number of benzene rings is 3. The van der Waals surface area contributed by atoms with Crippen LogP contribution in [0.4, 0.5) is 0 Å². The lowest BCUT2D eigenvalue weighted by Gasteiger charge is -2.15. The Bertz CT molecular complexity index is 781. The molecule has 2 nitrogen and oxygen atoms in total. The number of rotatable bonds is 4. The molecule has 0 aliphatic heterocycles. The Labute approximate surface area is 136 Å². The summed E-state index contributed by atoms with van der Waals surface area (Å²) in [4.78, 5) is 0. The highest BCUT2D eigenvalue weighted by Gasteiger charge is 2.24. The summed E-state index contributed by atoms with van der Waals surface area (Å²) < 4.78 is 12.0. The van der Waals surface area contributed by atoms with Crippen molar-refractivity contribution in [3.05, 3.63) is 90.0 Å². The average molecular weight is 302 g/mol. The first-order chi connectivity index (χ1) is 11.4. The summed E-state index contributed by atoms with van der Waals surface area (Å²) in [6.07, 6.45) is 2.18. The number of fused-ring (bicyclic) bond motifs is 1. The van der Waals surface area contributed by atoms with Crippen molar-refractivity contribution in [2.24, 2.45) is 0 Å². The fourth-order valence-electron chi connectivity index (χ4n) is 3.03. The first kappa shape index (κ1) is 13.9. The van der Waals surface area contributed by atoms with Gasteiger partial charge in [-0.15, -0.1) is 0 Å². The predicted molar refractivity (Wildman–Crippen MR) is 91.1 cm³/mol. The highest BCUT2D eigenvalue weighted by atomic mass is 16.5. The van der Waals surface area contributed by atoms with E-state index < -0.39 is 0 Å². The quantitative estimate of drug-likeness (QED) is 0.629. The minimum Gasteiger partial charge on any atom is -0.486 e. The zero-order valence-electron chi connectivity index (χ0n) is 12.8. The molecule has 0 fully saturated rings. The summed E-state index contributed by atoms with van der Waals surface area (Å²) in [5.74, 6) is 2.67. The van der Waals surface area contributed by atoms with Crippen molar-refractivity contribution in [2.75, 3.05) is 0 Å². The summed E-state index contributed by atoms with van der Waals surface area (Å²) in [5.41, 5.74) is 2.59. The maximum Gasteiger partial charge on any atom is 0.127 e. The van der Waals surface area contributed by atoms with Gasteiger partial charge in [-0.2, -0.15) is 0 Å². The molecule has 1 aliphatic rings. The van der Waals surface area contributed by atoms with Gasteiger partial charge in [-0.1, -0.05) is 42.5 Å². The second-order valence-corrected chi connectivity index (χ2v) is 5.73. The minimum atomic E-state index is 0.137. The Balaban J connectivity index is 1.52. The van der Waals surface area contributed by atoms with Gasteiger partial charge in [0, 0.05) is 0 Å². The molecule has 2 heteroatoms. The molecule has 1 aliphatic carbocycles. The van der Waals surface area contributed by atoms with Crippen LogP contribution in [0.15, 0.2) is 78.9 Å². The Morgan fingerprint density at radius 2 is 1.39 bits per heavy atom. The van der Waals surface area contributed by atoms with E-state index in [4.69, 9.17) is 9.47 Å². The Morgan fingerprint density at radius 1 is 0.696 bits per heavy atom. The molecular weight excluding hydrogens is 284 g/mol. The molecule has 3 aromatic carbocycles. The maximum absolute atomic E-state index is 6.12. The third kappa shape index (κ3) is 3.07. The van der Waals surface area contributed by atoms with Gasteiger partial charge in [-0.05, 0) is 60.4 Å². The van der Waals surface area contributed by atoms with Crippen LogP contribution < -0.4 is 9.47 Å². The summed E-state index contributed by atoms with van der Waals surface area (Å²) in [5, 5.41) is 0. The molecule has 0 amide bonds. The molecule has 3 aromatic rings. The molecule has 114 valence electrons. The Kier molecular flexibility index (Phi) is 3.73. The van der Waals surface area contributed by atoms with Crippen molar-refractivity contribution < 1.29 is 9.47 Å². The van der Waals surface area contributed by atoms with E-state index in [1.807, 2.05) is 66.7 Å². The van der Waals surface area contributed by atoms with Gasteiger partial charge < -0.3 is 9.47 Å². The molecule has 23 heavy (non-hydrogen) atoms. The van der Waals surface area contributed by atoms with Gasteiger partial charge in [0.05, 0.1) is 0 Å². The smallest absolute Gasteiger partial charge is 0.127 e. The van der Waals surface area contributed by atoms with Crippen molar-refractivity contribution in [1.82, 2.24) is 0 Å². The molecule has 0 bridgehead atoms. The maximum atomic E-state index is 6.12. The zero-order valence-corrected chi connectivity index (χ0v) is 12.8. The molecular formula is C21H18O2. The normalized spacial score (nSPS) is 15.9. The average Bonchev–Trinajstić information content (AvgIpc) is 2.99. The van der Waals surface area contributed by atoms with E-state index in [0.717, 1.165) is 30.1 Å². The Hall–Kier alpha value is -2.74. The number of para-hydroxylation sites is 2. The van der Waals surface area contributed by atoms with Gasteiger partial charge in [0.15, 0.2) is 0 Å². The first-order valence-corrected chi connectivity index (χ1v) is 7.96. The van der Waals surface area contributed by atoms with Crippen molar-refractivity contribution in [1.29, 1.82) is 0 Å². The molecule has 0 N–H and O–H groups in total. The van der Waals surface area contributed by atoms with Crippen LogP contribution in [0.1, 0.15) is 23.7 Å². The lowest BCUT2D eigenvalue weighted by Crippen LogP contribution is -2.03. The van der Waals surface area contributed by atoms with Gasteiger partial charge in [-0.25, -0.2) is 0 Å². The van der Waals surface area contributed by atoms with Crippen LogP contribution in [0.5, 0.6) is 17.2 Å². The van der Waals surface area contributed by atoms with Crippen molar-refractivity contribution in [3.63, 3.8) is 0 Å². The zero-order chi connectivity index (χ0) is 15.5. The number of aryl methyl sites for hydroxylation is 1. The van der Waals surface area contributed by atoms with Crippen LogP contribution in [-0.2, 0) is 6.42 Å². The van der Waals surface area contributed by atoms with Gasteiger partial charge in [0.25, 0.3) is 0 Å². The largest absolute Gasteiger partial charge is 0.486 e. The van der Waals surface area contributed by atoms with E-state index >= 15 is 0 Å². The van der Waals surface area contributed by atoms with Gasteiger partial charge in [0.2, 0.25) is 0 Å². The Morgan fingerprint density at radius 3 is 2.13 bits per heavy atom. The third-order valence-electron chi connectivity index (χ3n) is 4.14. The van der Waals surface area contributed by atoms with Crippen LogP contribution in [-0.4, -0.2) is 0 Å². The van der Waals surface area contributed by atoms with Crippen molar-refractivity contribution in [2.45, 2.75) is 18.9 Å². The molecule has 0 spiro atoms. The standard InChI is InChI=1S/C21H18O2/c1-3-7-17(8-4-1)22-19-12-13-20-16(15-19)11-14-21(20)23-18-9-5-2-6-10-18/h1-10,12-13,15,21H,11,14H2. The van der Waals surface area contributed by atoms with Gasteiger partial charge in [0.1, 0.15) is 23.4 Å². The summed E-state index contributed by atoms with van der Waals surface area (Å²) in [6, 6.07) is 26.2. The fraction of sp³-hybridized carbons (Fsp3) is 0.143. The minimum absolute atomic E-state index is 0.137. The molecule has 4 rings (SSSR count). The van der Waals surface area contributed by atoms with Crippen LogP contribution in [0, 0.1) is 0 Å². The van der Waals surface area contributed by atoms with E-state index in [-0.39, 0.29) is 6.10 Å². The molecule has 0 heterocycles. The van der Waals surface area contributed by atoms with Gasteiger partial charge in [-0.3, -0.25) is 0 Å². The second kappa shape index (κ2) is 6.17. The topological polar surface area (TPSA) is 18.5 Å². The summed E-state index contributed by atoms with van der Waals surface area (Å²) in [6.45, 7) is 0. The van der Waals surface area contributed by atoms with Crippen molar-refractivity contribution in [3.8, 4) is 17.2 Å². The number of ether oxygens (including phenoxy) is 2. The van der Waals surface area contributed by atoms with E-state index in [1.54, 1.807) is 0 Å². The molecule has 0 saturated carbocycles. The highest BCUT2D eigenvalue weighted by molar-refractivity contribution is 5.42. The monoisotopic (exact) mass is 302 g/mol. The van der Waals surface area contributed by atoms with E-state index in [1.165, 1.54) is 11.1 Å². The fourth-order valence-corrected chi connectivity index (χ4v) is 3.03. The van der Waals surface area contributed by atoms with Gasteiger partial charge >= 0.3 is 0 Å².